The molecule has 0 aliphatic heterocycles. The van der Waals surface area contributed by atoms with Gasteiger partial charge in [-0.05, 0) is 11.6 Å². The first-order valence-corrected chi connectivity index (χ1v) is 6.76. The maximum absolute atomic E-state index is 11.3. The average Bonchev–Trinajstić information content (AvgIpc) is 2.28. The number of hydrogen-bond donors (Lipinski definition) is 3. The summed E-state index contributed by atoms with van der Waals surface area (Å²) in [4.78, 5) is -0.383. The lowest BCUT2D eigenvalue weighted by Gasteiger charge is -2.27. The van der Waals surface area contributed by atoms with Crippen molar-refractivity contribution in [3.8, 4) is 0 Å². The lowest BCUT2D eigenvalue weighted by Crippen LogP contribution is -2.52. The molecular weight excluding hydrogens is 252 g/mol. The second-order valence-corrected chi connectivity index (χ2v) is 5.62. The van der Waals surface area contributed by atoms with Crippen LogP contribution in [0.1, 0.15) is 11.5 Å². The normalized spacial score (nSPS) is 22.6. The van der Waals surface area contributed by atoms with Crippen LogP contribution in [0.5, 0.6) is 0 Å². The van der Waals surface area contributed by atoms with E-state index >= 15 is 0 Å². The summed E-state index contributed by atoms with van der Waals surface area (Å²) >= 11 is 0. The molecule has 0 fully saturated rings. The molecule has 1 aliphatic rings. The molecule has 0 radical (unpaired) electrons. The monoisotopic (exact) mass is 266 g/mol. The van der Waals surface area contributed by atoms with Gasteiger partial charge in [0, 0.05) is 5.92 Å². The van der Waals surface area contributed by atoms with Crippen LogP contribution in [0.25, 0.3) is 0 Å². The Kier molecular flexibility index (Phi) is 3.12. The van der Waals surface area contributed by atoms with Crippen molar-refractivity contribution in [3.63, 3.8) is 0 Å². The van der Waals surface area contributed by atoms with Gasteiger partial charge in [0.05, 0.1) is 0 Å². The summed E-state index contributed by atoms with van der Waals surface area (Å²) in [6.07, 6.45) is 4.46. The molecule has 0 spiro atoms. The first kappa shape index (κ1) is 13.0. The van der Waals surface area contributed by atoms with E-state index in [0.29, 0.717) is 0 Å². The molecule has 0 saturated carbocycles. The molecule has 1 unspecified atom stereocenters. The molecule has 1 aromatic rings. The SMILES string of the molecule is NC1(N)C=CC(c2ccccc2)C=C1S(=O)(=O)O. The summed E-state index contributed by atoms with van der Waals surface area (Å²) in [6, 6.07) is 9.26. The van der Waals surface area contributed by atoms with Gasteiger partial charge in [-0.2, -0.15) is 8.42 Å². The summed E-state index contributed by atoms with van der Waals surface area (Å²) in [7, 11) is -4.41. The van der Waals surface area contributed by atoms with Crippen molar-refractivity contribution < 1.29 is 13.0 Å². The van der Waals surface area contributed by atoms with Gasteiger partial charge in [-0.1, -0.05) is 42.5 Å². The van der Waals surface area contributed by atoms with Crippen LogP contribution < -0.4 is 11.5 Å². The van der Waals surface area contributed by atoms with Crippen LogP contribution in [-0.2, 0) is 10.1 Å². The van der Waals surface area contributed by atoms with E-state index in [4.69, 9.17) is 16.0 Å². The molecule has 1 aliphatic carbocycles. The van der Waals surface area contributed by atoms with E-state index in [0.717, 1.165) is 5.56 Å². The highest BCUT2D eigenvalue weighted by Crippen LogP contribution is 2.30. The summed E-state index contributed by atoms with van der Waals surface area (Å²) in [5.41, 5.74) is 10.5. The summed E-state index contributed by atoms with van der Waals surface area (Å²) in [5.74, 6) is -0.275. The molecular formula is C12H14N2O3S. The fourth-order valence-corrected chi connectivity index (χ4v) is 2.73. The molecule has 0 heterocycles. The van der Waals surface area contributed by atoms with Crippen molar-refractivity contribution in [2.75, 3.05) is 0 Å². The number of rotatable bonds is 2. The van der Waals surface area contributed by atoms with E-state index in [-0.39, 0.29) is 10.8 Å². The fourth-order valence-electron chi connectivity index (χ4n) is 1.90. The van der Waals surface area contributed by atoms with Crippen LogP contribution >= 0.6 is 0 Å². The highest BCUT2D eigenvalue weighted by molar-refractivity contribution is 7.89. The van der Waals surface area contributed by atoms with Gasteiger partial charge >= 0.3 is 0 Å². The van der Waals surface area contributed by atoms with Crippen LogP contribution in [-0.4, -0.2) is 18.6 Å². The Morgan fingerprint density at radius 2 is 1.78 bits per heavy atom. The number of benzene rings is 1. The molecule has 1 aromatic carbocycles. The van der Waals surface area contributed by atoms with Crippen molar-refractivity contribution in [2.24, 2.45) is 11.5 Å². The second kappa shape index (κ2) is 4.33. The topological polar surface area (TPSA) is 106 Å². The Balaban J connectivity index is 2.47. The zero-order chi connectivity index (χ0) is 13.4. The zero-order valence-corrected chi connectivity index (χ0v) is 10.3. The van der Waals surface area contributed by atoms with Crippen molar-refractivity contribution in [3.05, 3.63) is 59.0 Å². The molecule has 1 atom stereocenters. The highest BCUT2D eigenvalue weighted by atomic mass is 32.2. The Hall–Kier alpha value is -1.47. The molecule has 5 N–H and O–H groups in total. The van der Waals surface area contributed by atoms with Crippen molar-refractivity contribution >= 4 is 10.1 Å². The predicted molar refractivity (Wildman–Crippen MR) is 69.1 cm³/mol. The first-order valence-electron chi connectivity index (χ1n) is 5.32. The molecule has 2 rings (SSSR count). The van der Waals surface area contributed by atoms with E-state index in [1.807, 2.05) is 30.3 Å². The summed E-state index contributed by atoms with van der Waals surface area (Å²) in [5, 5.41) is 0. The van der Waals surface area contributed by atoms with Crippen LogP contribution in [0.15, 0.2) is 53.5 Å². The minimum atomic E-state index is -4.41. The average molecular weight is 266 g/mol. The van der Waals surface area contributed by atoms with Gasteiger partial charge < -0.3 is 11.5 Å². The largest absolute Gasteiger partial charge is 0.306 e. The maximum Gasteiger partial charge on any atom is 0.293 e. The lowest BCUT2D eigenvalue weighted by molar-refractivity contribution is 0.480. The van der Waals surface area contributed by atoms with E-state index in [9.17, 15) is 8.42 Å². The number of allylic oxidation sites excluding steroid dienone is 2. The van der Waals surface area contributed by atoms with Crippen LogP contribution in [0.2, 0.25) is 0 Å². The molecule has 0 aromatic heterocycles. The standard InChI is InChI=1S/C12H14N2O3S/c13-12(14)7-6-10(8-11(12)18(15,16)17)9-4-2-1-3-5-9/h1-8,10H,13-14H2,(H,15,16,17). The van der Waals surface area contributed by atoms with Crippen molar-refractivity contribution in [2.45, 2.75) is 11.6 Å². The van der Waals surface area contributed by atoms with Gasteiger partial charge in [0.25, 0.3) is 10.1 Å². The van der Waals surface area contributed by atoms with Gasteiger partial charge in [0.2, 0.25) is 0 Å². The minimum absolute atomic E-state index is 0.275. The van der Waals surface area contributed by atoms with Gasteiger partial charge in [-0.3, -0.25) is 4.55 Å². The Bertz CT molecular complexity index is 603. The van der Waals surface area contributed by atoms with Gasteiger partial charge in [-0.15, -0.1) is 0 Å². The van der Waals surface area contributed by atoms with E-state index in [2.05, 4.69) is 0 Å². The van der Waals surface area contributed by atoms with E-state index in [1.165, 1.54) is 12.2 Å². The molecule has 0 bridgehead atoms. The Labute approximate surface area is 106 Å². The number of hydrogen-bond acceptors (Lipinski definition) is 4. The highest BCUT2D eigenvalue weighted by Gasteiger charge is 2.34. The molecule has 18 heavy (non-hydrogen) atoms. The zero-order valence-electron chi connectivity index (χ0n) is 9.52. The minimum Gasteiger partial charge on any atom is -0.306 e. The molecule has 0 amide bonds. The van der Waals surface area contributed by atoms with Gasteiger partial charge in [-0.25, -0.2) is 0 Å². The number of nitrogens with two attached hydrogens (primary N) is 2. The predicted octanol–water partition coefficient (Wildman–Crippen LogP) is 0.725. The maximum atomic E-state index is 11.3. The van der Waals surface area contributed by atoms with Crippen LogP contribution in [0.3, 0.4) is 0 Å². The molecule has 0 saturated heterocycles. The molecule has 5 nitrogen and oxygen atoms in total. The van der Waals surface area contributed by atoms with Crippen molar-refractivity contribution in [1.82, 2.24) is 0 Å². The van der Waals surface area contributed by atoms with E-state index in [1.54, 1.807) is 6.08 Å². The summed E-state index contributed by atoms with van der Waals surface area (Å²) < 4.78 is 31.7. The third-order valence-corrected chi connectivity index (χ3v) is 3.84. The Morgan fingerprint density at radius 1 is 1.17 bits per heavy atom. The van der Waals surface area contributed by atoms with Gasteiger partial charge in [0.15, 0.2) is 0 Å². The van der Waals surface area contributed by atoms with Crippen molar-refractivity contribution in [1.29, 1.82) is 0 Å². The quantitative estimate of drug-likeness (QED) is 0.415. The Morgan fingerprint density at radius 3 is 2.33 bits per heavy atom. The second-order valence-electron chi connectivity index (χ2n) is 4.23. The summed E-state index contributed by atoms with van der Waals surface area (Å²) in [6.45, 7) is 0. The lowest BCUT2D eigenvalue weighted by atomic mass is 9.91. The smallest absolute Gasteiger partial charge is 0.293 e. The molecule has 96 valence electrons. The van der Waals surface area contributed by atoms with Gasteiger partial charge in [0.1, 0.15) is 10.6 Å². The molecule has 6 heteroatoms. The van der Waals surface area contributed by atoms with Crippen LogP contribution in [0, 0.1) is 0 Å². The first-order chi connectivity index (χ1) is 8.31. The van der Waals surface area contributed by atoms with E-state index < -0.39 is 15.8 Å². The third kappa shape index (κ3) is 2.51. The third-order valence-electron chi connectivity index (χ3n) is 2.80. The fraction of sp³-hybridized carbons (Fsp3) is 0.167. The van der Waals surface area contributed by atoms with Crippen LogP contribution in [0.4, 0.5) is 0 Å².